The lowest BCUT2D eigenvalue weighted by Gasteiger charge is -2.43. The Hall–Kier alpha value is -1.18. The molecular weight excluding hydrogens is 298 g/mol. The van der Waals surface area contributed by atoms with Crippen molar-refractivity contribution in [3.05, 3.63) is 0 Å². The number of hydrogen-bond donors (Lipinski definition) is 2. The van der Waals surface area contributed by atoms with E-state index in [1.807, 2.05) is 4.90 Å². The molecule has 3 aliphatic heterocycles. The number of piperidine rings is 2. The summed E-state index contributed by atoms with van der Waals surface area (Å²) in [6.45, 7) is 3.58. The van der Waals surface area contributed by atoms with Crippen LogP contribution in [0.3, 0.4) is 0 Å². The number of nitrogens with zero attached hydrogens (tertiary/aromatic N) is 2. The van der Waals surface area contributed by atoms with Crippen molar-refractivity contribution >= 4 is 11.8 Å². The fourth-order valence-corrected chi connectivity index (χ4v) is 4.03. The fraction of sp³-hybridized carbons (Fsp3) is 0.875. The number of carbonyl (C=O) groups is 2. The van der Waals surface area contributed by atoms with Crippen LogP contribution in [0.25, 0.3) is 0 Å². The van der Waals surface area contributed by atoms with Crippen molar-refractivity contribution in [1.29, 1.82) is 0 Å². The third-order valence-corrected chi connectivity index (χ3v) is 5.57. The second-order valence-electron chi connectivity index (χ2n) is 7.09. The zero-order valence-electron chi connectivity index (χ0n) is 13.6. The molecule has 0 saturated carbocycles. The van der Waals surface area contributed by atoms with E-state index in [0.29, 0.717) is 32.7 Å². The number of carbonyl (C=O) groups excluding carboxylic acids is 2. The first-order valence-corrected chi connectivity index (χ1v) is 8.62. The van der Waals surface area contributed by atoms with Gasteiger partial charge in [-0.15, -0.1) is 0 Å². The van der Waals surface area contributed by atoms with Crippen LogP contribution in [-0.2, 0) is 14.3 Å². The number of nitrogens with two attached hydrogens (primary N) is 1. The molecule has 2 atom stereocenters. The van der Waals surface area contributed by atoms with E-state index in [9.17, 15) is 14.7 Å². The molecule has 3 saturated heterocycles. The number of ether oxygens (including phenoxy) is 1. The Balaban J connectivity index is 1.52. The SMILES string of the molecule is NC(=O)C1CCN(CC(=O)N2CC[C@H](O)[C@]3(CCCO3)C2)CC1. The van der Waals surface area contributed by atoms with Gasteiger partial charge in [0.05, 0.1) is 19.2 Å². The van der Waals surface area contributed by atoms with Gasteiger partial charge in [-0.2, -0.15) is 0 Å². The minimum atomic E-state index is -0.549. The number of primary amides is 1. The first-order valence-electron chi connectivity index (χ1n) is 8.62. The molecule has 3 rings (SSSR count). The van der Waals surface area contributed by atoms with Gasteiger partial charge >= 0.3 is 0 Å². The first-order chi connectivity index (χ1) is 11.0. The quantitative estimate of drug-likeness (QED) is 0.717. The van der Waals surface area contributed by atoms with Gasteiger partial charge in [0, 0.05) is 19.1 Å². The van der Waals surface area contributed by atoms with Gasteiger partial charge in [-0.25, -0.2) is 0 Å². The van der Waals surface area contributed by atoms with Crippen LogP contribution in [0.5, 0.6) is 0 Å². The molecule has 3 fully saturated rings. The fourth-order valence-electron chi connectivity index (χ4n) is 4.03. The maximum Gasteiger partial charge on any atom is 0.236 e. The van der Waals surface area contributed by atoms with Crippen molar-refractivity contribution in [3.63, 3.8) is 0 Å². The van der Waals surface area contributed by atoms with E-state index in [1.165, 1.54) is 0 Å². The third kappa shape index (κ3) is 3.51. The van der Waals surface area contributed by atoms with Gasteiger partial charge in [-0.1, -0.05) is 0 Å². The van der Waals surface area contributed by atoms with Crippen LogP contribution in [0.1, 0.15) is 32.1 Å². The highest BCUT2D eigenvalue weighted by atomic mass is 16.5. The van der Waals surface area contributed by atoms with E-state index in [0.717, 1.165) is 38.8 Å². The van der Waals surface area contributed by atoms with E-state index in [1.54, 1.807) is 0 Å². The van der Waals surface area contributed by atoms with Crippen LogP contribution in [0, 0.1) is 5.92 Å². The summed E-state index contributed by atoms with van der Waals surface area (Å²) in [7, 11) is 0. The average molecular weight is 325 g/mol. The van der Waals surface area contributed by atoms with Gasteiger partial charge in [0.25, 0.3) is 0 Å². The van der Waals surface area contributed by atoms with Crippen molar-refractivity contribution in [2.45, 2.75) is 43.8 Å². The average Bonchev–Trinajstić information content (AvgIpc) is 3.00. The molecule has 7 nitrogen and oxygen atoms in total. The van der Waals surface area contributed by atoms with Crippen molar-refractivity contribution in [1.82, 2.24) is 9.80 Å². The first kappa shape index (κ1) is 16.7. The minimum absolute atomic E-state index is 0.0540. The molecule has 0 aromatic rings. The van der Waals surface area contributed by atoms with E-state index in [4.69, 9.17) is 10.5 Å². The highest BCUT2D eigenvalue weighted by Crippen LogP contribution is 2.34. The van der Waals surface area contributed by atoms with E-state index >= 15 is 0 Å². The number of hydrogen-bond acceptors (Lipinski definition) is 5. The predicted octanol–water partition coefficient (Wildman–Crippen LogP) is -0.674. The van der Waals surface area contributed by atoms with Gasteiger partial charge in [0.15, 0.2) is 0 Å². The van der Waals surface area contributed by atoms with Crippen LogP contribution < -0.4 is 5.73 Å². The topological polar surface area (TPSA) is 96.1 Å². The Kier molecular flexibility index (Phi) is 4.89. The van der Waals surface area contributed by atoms with Crippen LogP contribution in [-0.4, -0.2) is 77.8 Å². The van der Waals surface area contributed by atoms with Crippen LogP contribution in [0.15, 0.2) is 0 Å². The summed E-state index contributed by atoms with van der Waals surface area (Å²) in [6, 6.07) is 0. The molecule has 7 heteroatoms. The van der Waals surface area contributed by atoms with Gasteiger partial charge in [0.1, 0.15) is 5.60 Å². The van der Waals surface area contributed by atoms with Crippen molar-refractivity contribution < 1.29 is 19.4 Å². The zero-order valence-corrected chi connectivity index (χ0v) is 13.6. The van der Waals surface area contributed by atoms with E-state index in [2.05, 4.69) is 4.90 Å². The summed E-state index contributed by atoms with van der Waals surface area (Å²) in [5.41, 5.74) is 4.79. The number of aliphatic hydroxyl groups excluding tert-OH is 1. The number of aliphatic hydroxyl groups is 1. The number of rotatable bonds is 3. The van der Waals surface area contributed by atoms with Crippen LogP contribution >= 0.6 is 0 Å². The largest absolute Gasteiger partial charge is 0.390 e. The van der Waals surface area contributed by atoms with Crippen LogP contribution in [0.2, 0.25) is 0 Å². The lowest BCUT2D eigenvalue weighted by molar-refractivity contribution is -0.156. The second kappa shape index (κ2) is 6.75. The normalized spacial score (nSPS) is 33.3. The van der Waals surface area contributed by atoms with Crippen molar-refractivity contribution in [3.8, 4) is 0 Å². The Morgan fingerprint density at radius 3 is 2.57 bits per heavy atom. The van der Waals surface area contributed by atoms with Gasteiger partial charge < -0.3 is 20.5 Å². The highest BCUT2D eigenvalue weighted by molar-refractivity contribution is 5.79. The standard InChI is InChI=1S/C16H27N3O4/c17-15(22)12-2-6-18(7-3-12)10-14(21)19-8-4-13(20)16(11-19)5-1-9-23-16/h12-13,20H,1-11H2,(H2,17,22)/t13-,16-/m0/s1. The summed E-state index contributed by atoms with van der Waals surface area (Å²) in [4.78, 5) is 27.7. The minimum Gasteiger partial charge on any atom is -0.390 e. The number of likely N-dealkylation sites (tertiary alicyclic amines) is 2. The van der Waals surface area contributed by atoms with Gasteiger partial charge in [-0.3, -0.25) is 14.5 Å². The summed E-state index contributed by atoms with van der Waals surface area (Å²) >= 11 is 0. The molecule has 1 spiro atoms. The molecule has 130 valence electrons. The summed E-state index contributed by atoms with van der Waals surface area (Å²) < 4.78 is 5.80. The Morgan fingerprint density at radius 1 is 1.22 bits per heavy atom. The van der Waals surface area contributed by atoms with E-state index in [-0.39, 0.29) is 17.7 Å². The lowest BCUT2D eigenvalue weighted by Crippen LogP contribution is -2.59. The van der Waals surface area contributed by atoms with Gasteiger partial charge in [-0.05, 0) is 45.2 Å². The highest BCUT2D eigenvalue weighted by Gasteiger charge is 2.47. The maximum atomic E-state index is 12.6. The molecule has 0 bridgehead atoms. The monoisotopic (exact) mass is 325 g/mol. The molecule has 3 N–H and O–H groups in total. The molecule has 23 heavy (non-hydrogen) atoms. The Labute approximate surface area is 136 Å². The molecule has 0 unspecified atom stereocenters. The molecule has 3 heterocycles. The summed E-state index contributed by atoms with van der Waals surface area (Å²) in [5, 5.41) is 10.2. The van der Waals surface area contributed by atoms with E-state index < -0.39 is 11.7 Å². The molecule has 3 aliphatic rings. The summed E-state index contributed by atoms with van der Waals surface area (Å²) in [5.74, 6) is -0.202. The Bertz CT molecular complexity index is 456. The molecule has 2 amide bonds. The number of amides is 2. The van der Waals surface area contributed by atoms with Crippen molar-refractivity contribution in [2.75, 3.05) is 39.3 Å². The predicted molar refractivity (Wildman–Crippen MR) is 83.5 cm³/mol. The maximum absolute atomic E-state index is 12.6. The molecule has 0 aromatic heterocycles. The molecule has 0 aliphatic carbocycles. The van der Waals surface area contributed by atoms with Gasteiger partial charge in [0.2, 0.25) is 11.8 Å². The smallest absolute Gasteiger partial charge is 0.236 e. The second-order valence-corrected chi connectivity index (χ2v) is 7.09. The molecule has 0 radical (unpaired) electrons. The third-order valence-electron chi connectivity index (χ3n) is 5.57. The summed E-state index contributed by atoms with van der Waals surface area (Å²) in [6.07, 6.45) is 3.33. The zero-order chi connectivity index (χ0) is 16.4. The Morgan fingerprint density at radius 2 is 1.96 bits per heavy atom. The van der Waals surface area contributed by atoms with Crippen molar-refractivity contribution in [2.24, 2.45) is 11.7 Å². The lowest BCUT2D eigenvalue weighted by atomic mass is 9.87. The molecule has 0 aromatic carbocycles. The van der Waals surface area contributed by atoms with Crippen LogP contribution in [0.4, 0.5) is 0 Å². The molecular formula is C16H27N3O4.